The molecular weight excluding hydrogens is 378 g/mol. The van der Waals surface area contributed by atoms with Crippen molar-refractivity contribution in [3.8, 4) is 0 Å². The molecule has 0 spiro atoms. The first-order valence-corrected chi connectivity index (χ1v) is 9.45. The highest BCUT2D eigenvalue weighted by molar-refractivity contribution is 5.85. The van der Waals surface area contributed by atoms with Crippen LogP contribution in [0, 0.1) is 6.92 Å². The minimum atomic E-state index is 0.282. The molecule has 8 nitrogen and oxygen atoms in total. The molecule has 146 valence electrons. The molecule has 0 saturated heterocycles. The van der Waals surface area contributed by atoms with E-state index in [4.69, 9.17) is 4.63 Å². The third-order valence-corrected chi connectivity index (χ3v) is 4.78. The van der Waals surface area contributed by atoms with Gasteiger partial charge in [0.05, 0.1) is 6.54 Å². The van der Waals surface area contributed by atoms with E-state index in [1.807, 2.05) is 55.5 Å². The van der Waals surface area contributed by atoms with Crippen LogP contribution in [0.3, 0.4) is 0 Å². The molecule has 0 unspecified atom stereocenters. The zero-order chi connectivity index (χ0) is 20.3. The Bertz CT molecular complexity index is 1370. The Morgan fingerprint density at radius 1 is 0.867 bits per heavy atom. The highest BCUT2D eigenvalue weighted by Gasteiger charge is 2.13. The van der Waals surface area contributed by atoms with Crippen LogP contribution >= 0.6 is 0 Å². The fourth-order valence-electron chi connectivity index (χ4n) is 3.23. The summed E-state index contributed by atoms with van der Waals surface area (Å²) in [6.07, 6.45) is 0. The number of aromatic nitrogens is 4. The third kappa shape index (κ3) is 3.46. The molecule has 0 fully saturated rings. The minimum Gasteiger partial charge on any atom is -0.337 e. The lowest BCUT2D eigenvalue weighted by Crippen LogP contribution is -1.98. The van der Waals surface area contributed by atoms with Crippen LogP contribution in [0.1, 0.15) is 11.1 Å². The normalized spacial score (nSPS) is 11.5. The van der Waals surface area contributed by atoms with Gasteiger partial charge in [0.2, 0.25) is 17.1 Å². The van der Waals surface area contributed by atoms with Crippen molar-refractivity contribution in [1.29, 1.82) is 0 Å². The van der Waals surface area contributed by atoms with Crippen LogP contribution < -0.4 is 5.32 Å². The topological polar surface area (TPSA) is 101 Å². The zero-order valence-corrected chi connectivity index (χ0v) is 16.1. The van der Waals surface area contributed by atoms with Gasteiger partial charge in [-0.15, -0.1) is 5.11 Å². The number of benzene rings is 3. The van der Waals surface area contributed by atoms with Crippen LogP contribution in [0.5, 0.6) is 0 Å². The Labute approximate surface area is 171 Å². The van der Waals surface area contributed by atoms with Crippen LogP contribution in [0.2, 0.25) is 0 Å². The minimum absolute atomic E-state index is 0.282. The predicted molar refractivity (Wildman–Crippen MR) is 114 cm³/mol. The number of azo groups is 1. The van der Waals surface area contributed by atoms with Crippen molar-refractivity contribution in [2.75, 3.05) is 5.32 Å². The number of hydrogen-bond acceptors (Lipinski definition) is 8. The van der Waals surface area contributed by atoms with Gasteiger partial charge in [-0.25, -0.2) is 9.61 Å². The average molecular weight is 395 g/mol. The molecule has 0 atom stereocenters. The maximum absolute atomic E-state index is 4.75. The second kappa shape index (κ2) is 7.67. The van der Waals surface area contributed by atoms with Gasteiger partial charge in [-0.3, -0.25) is 0 Å². The number of hydrogen-bond donors (Lipinski definition) is 1. The number of fused-ring (bicyclic) bond motifs is 2. The fraction of sp³-hybridized carbons (Fsp3) is 0.0909. The van der Waals surface area contributed by atoms with E-state index in [0.29, 0.717) is 23.8 Å². The highest BCUT2D eigenvalue weighted by atomic mass is 16.6. The van der Waals surface area contributed by atoms with Crippen molar-refractivity contribution in [1.82, 2.24) is 20.3 Å². The smallest absolute Gasteiger partial charge is 0.245 e. The van der Waals surface area contributed by atoms with E-state index in [1.165, 1.54) is 5.39 Å². The maximum atomic E-state index is 4.75. The van der Waals surface area contributed by atoms with Crippen LogP contribution in [-0.4, -0.2) is 20.3 Å². The first kappa shape index (κ1) is 17.9. The molecule has 5 rings (SSSR count). The number of rotatable bonds is 5. The molecule has 0 aliphatic carbocycles. The first-order valence-electron chi connectivity index (χ1n) is 9.45. The third-order valence-electron chi connectivity index (χ3n) is 4.78. The van der Waals surface area contributed by atoms with Crippen LogP contribution in [0.4, 0.5) is 17.3 Å². The van der Waals surface area contributed by atoms with Gasteiger partial charge in [0, 0.05) is 5.69 Å². The molecular formula is C22H17N7O. The molecule has 2 heterocycles. The van der Waals surface area contributed by atoms with Crippen LogP contribution in [-0.2, 0) is 6.54 Å². The lowest BCUT2D eigenvalue weighted by Gasteiger charge is -2.09. The second-order valence-electron chi connectivity index (χ2n) is 6.78. The lowest BCUT2D eigenvalue weighted by molar-refractivity contribution is 0.314. The van der Waals surface area contributed by atoms with Crippen molar-refractivity contribution in [2.45, 2.75) is 13.5 Å². The molecule has 0 aliphatic heterocycles. The summed E-state index contributed by atoms with van der Waals surface area (Å²) in [5.74, 6) is 0.760. The highest BCUT2D eigenvalue weighted by Crippen LogP contribution is 2.28. The van der Waals surface area contributed by atoms with Gasteiger partial charge in [-0.1, -0.05) is 60.7 Å². The zero-order valence-electron chi connectivity index (χ0n) is 16.1. The molecule has 0 saturated carbocycles. The monoisotopic (exact) mass is 395 g/mol. The Morgan fingerprint density at radius 2 is 1.63 bits per heavy atom. The van der Waals surface area contributed by atoms with Gasteiger partial charge >= 0.3 is 0 Å². The van der Waals surface area contributed by atoms with Crippen LogP contribution in [0.15, 0.2) is 81.6 Å². The summed E-state index contributed by atoms with van der Waals surface area (Å²) >= 11 is 0. The lowest BCUT2D eigenvalue weighted by atomic mass is 10.1. The molecule has 8 heteroatoms. The van der Waals surface area contributed by atoms with E-state index in [-0.39, 0.29) is 5.65 Å². The van der Waals surface area contributed by atoms with Gasteiger partial charge in [-0.05, 0) is 45.2 Å². The predicted octanol–water partition coefficient (Wildman–Crippen LogP) is 5.50. The largest absolute Gasteiger partial charge is 0.337 e. The number of nitrogens with zero attached hydrogens (tertiary/aromatic N) is 6. The van der Waals surface area contributed by atoms with Crippen molar-refractivity contribution in [2.24, 2.45) is 10.2 Å². The molecule has 5 aromatic rings. The van der Waals surface area contributed by atoms with Gasteiger partial charge in [0.15, 0.2) is 5.82 Å². The standard InChI is InChI=1S/C22H17N7O/c1-14-7-2-5-12-18(14)24-19-20(26-22-21(25-19)28-30-29-22)27-23-13-16-10-6-9-15-8-3-4-11-17(15)16/h2-12H,13H2,1H3,(H,24,25,28). The molecule has 0 radical (unpaired) electrons. The molecule has 1 N–H and O–H groups in total. The Morgan fingerprint density at radius 3 is 2.53 bits per heavy atom. The van der Waals surface area contributed by atoms with E-state index >= 15 is 0 Å². The molecule has 0 amide bonds. The maximum Gasteiger partial charge on any atom is 0.245 e. The summed E-state index contributed by atoms with van der Waals surface area (Å²) in [7, 11) is 0. The van der Waals surface area contributed by atoms with Crippen molar-refractivity contribution in [3.05, 3.63) is 77.9 Å². The summed E-state index contributed by atoms with van der Waals surface area (Å²) in [5.41, 5.74) is 3.63. The second-order valence-corrected chi connectivity index (χ2v) is 6.78. The molecule has 0 aliphatic rings. The summed E-state index contributed by atoms with van der Waals surface area (Å²) in [5, 5.41) is 21.8. The number of para-hydroxylation sites is 1. The Balaban J connectivity index is 1.49. The van der Waals surface area contributed by atoms with Crippen molar-refractivity contribution >= 4 is 39.4 Å². The molecule has 3 aromatic carbocycles. The Kier molecular flexibility index (Phi) is 4.57. The quantitative estimate of drug-likeness (QED) is 0.394. The van der Waals surface area contributed by atoms with Crippen molar-refractivity contribution in [3.63, 3.8) is 0 Å². The van der Waals surface area contributed by atoms with Crippen LogP contribution in [0.25, 0.3) is 22.1 Å². The van der Waals surface area contributed by atoms with E-state index in [0.717, 1.165) is 22.2 Å². The summed E-state index contributed by atoms with van der Waals surface area (Å²) in [6.45, 7) is 2.43. The average Bonchev–Trinajstić information content (AvgIpc) is 3.23. The summed E-state index contributed by atoms with van der Waals surface area (Å²) in [6, 6.07) is 22.2. The summed E-state index contributed by atoms with van der Waals surface area (Å²) in [4.78, 5) is 8.85. The number of anilines is 2. The van der Waals surface area contributed by atoms with Gasteiger partial charge in [0.1, 0.15) is 0 Å². The fourth-order valence-corrected chi connectivity index (χ4v) is 3.23. The van der Waals surface area contributed by atoms with Gasteiger partial charge in [0.25, 0.3) is 0 Å². The van der Waals surface area contributed by atoms with Gasteiger partial charge in [-0.2, -0.15) is 10.1 Å². The molecule has 30 heavy (non-hydrogen) atoms. The summed E-state index contributed by atoms with van der Waals surface area (Å²) < 4.78 is 4.75. The van der Waals surface area contributed by atoms with E-state index in [1.54, 1.807) is 0 Å². The number of aryl methyl sites for hydroxylation is 1. The molecule has 0 bridgehead atoms. The first-order chi connectivity index (χ1) is 14.8. The Hall–Kier alpha value is -4.20. The SMILES string of the molecule is Cc1ccccc1Nc1nc2nonc2nc1N=NCc1cccc2ccccc12. The van der Waals surface area contributed by atoms with E-state index < -0.39 is 0 Å². The van der Waals surface area contributed by atoms with Gasteiger partial charge < -0.3 is 5.32 Å². The van der Waals surface area contributed by atoms with E-state index in [9.17, 15) is 0 Å². The molecule has 2 aromatic heterocycles. The van der Waals surface area contributed by atoms with Crippen molar-refractivity contribution < 1.29 is 4.63 Å². The van der Waals surface area contributed by atoms with E-state index in [2.05, 4.69) is 54.0 Å². The number of nitrogens with one attached hydrogen (secondary N) is 1.